The summed E-state index contributed by atoms with van der Waals surface area (Å²) in [6, 6.07) is 17.3. The molecule has 0 aliphatic rings. The first-order chi connectivity index (χ1) is 9.56. The molecule has 0 heterocycles. The Bertz CT molecular complexity index is 561. The summed E-state index contributed by atoms with van der Waals surface area (Å²) in [5.41, 5.74) is 10.8. The lowest BCUT2D eigenvalue weighted by Gasteiger charge is -2.27. The number of anilines is 1. The average molecular weight is 268 g/mol. The van der Waals surface area contributed by atoms with Gasteiger partial charge in [-0.1, -0.05) is 48.0 Å². The van der Waals surface area contributed by atoms with Crippen molar-refractivity contribution in [1.29, 1.82) is 0 Å². The smallest absolute Gasteiger partial charge is 0.0359 e. The van der Waals surface area contributed by atoms with Gasteiger partial charge in [0.15, 0.2) is 0 Å². The maximum Gasteiger partial charge on any atom is 0.0359 e. The van der Waals surface area contributed by atoms with Crippen molar-refractivity contribution in [3.05, 3.63) is 65.2 Å². The highest BCUT2D eigenvalue weighted by molar-refractivity contribution is 5.46. The molecule has 2 rings (SSSR count). The minimum absolute atomic E-state index is 0.482. The zero-order valence-electron chi connectivity index (χ0n) is 12.6. The maximum atomic E-state index is 6.06. The van der Waals surface area contributed by atoms with Crippen molar-refractivity contribution in [3.8, 4) is 0 Å². The zero-order chi connectivity index (χ0) is 14.5. The number of hydrogen-bond donors (Lipinski definition) is 1. The minimum atomic E-state index is 0.482. The van der Waals surface area contributed by atoms with E-state index in [9.17, 15) is 0 Å². The van der Waals surface area contributed by atoms with Gasteiger partial charge in [-0.3, -0.25) is 4.90 Å². The molecule has 0 bridgehead atoms. The van der Waals surface area contributed by atoms with Gasteiger partial charge in [0.25, 0.3) is 0 Å². The molecular formula is C18H24N2. The summed E-state index contributed by atoms with van der Waals surface area (Å²) in [4.78, 5) is 2.44. The van der Waals surface area contributed by atoms with Crippen LogP contribution in [-0.2, 0) is 13.1 Å². The standard InChI is InChI=1S/C18H24N2/c1-14(2)20(12-16-8-6-7-15(3)11-16)13-17-9-4-5-10-18(17)19/h4-11,14H,12-13,19H2,1-3H3. The van der Waals surface area contributed by atoms with Crippen molar-refractivity contribution in [3.63, 3.8) is 0 Å². The molecule has 0 aromatic heterocycles. The number of aryl methyl sites for hydroxylation is 1. The van der Waals surface area contributed by atoms with E-state index in [1.54, 1.807) is 0 Å². The van der Waals surface area contributed by atoms with Crippen molar-refractivity contribution in [2.24, 2.45) is 0 Å². The predicted molar refractivity (Wildman–Crippen MR) is 86.4 cm³/mol. The van der Waals surface area contributed by atoms with Gasteiger partial charge in [-0.25, -0.2) is 0 Å². The summed E-state index contributed by atoms with van der Waals surface area (Å²) in [7, 11) is 0. The molecule has 106 valence electrons. The Balaban J connectivity index is 2.14. The van der Waals surface area contributed by atoms with Crippen molar-refractivity contribution >= 4 is 5.69 Å². The van der Waals surface area contributed by atoms with Crippen LogP contribution in [0.15, 0.2) is 48.5 Å². The number of nitrogen functional groups attached to an aromatic ring is 1. The van der Waals surface area contributed by atoms with Crippen LogP contribution in [0.3, 0.4) is 0 Å². The van der Waals surface area contributed by atoms with E-state index >= 15 is 0 Å². The molecule has 2 heteroatoms. The summed E-state index contributed by atoms with van der Waals surface area (Å²) < 4.78 is 0. The second-order valence-corrected chi connectivity index (χ2v) is 5.69. The van der Waals surface area contributed by atoms with Gasteiger partial charge in [0.1, 0.15) is 0 Å². The minimum Gasteiger partial charge on any atom is -0.398 e. The summed E-state index contributed by atoms with van der Waals surface area (Å²) in [5, 5.41) is 0. The normalized spacial score (nSPS) is 11.2. The van der Waals surface area contributed by atoms with E-state index < -0.39 is 0 Å². The highest BCUT2D eigenvalue weighted by Gasteiger charge is 2.12. The van der Waals surface area contributed by atoms with Crippen LogP contribution in [0.1, 0.15) is 30.5 Å². The first-order valence-corrected chi connectivity index (χ1v) is 7.19. The molecule has 0 saturated heterocycles. The SMILES string of the molecule is Cc1cccc(CN(Cc2ccccc2N)C(C)C)c1. The topological polar surface area (TPSA) is 29.3 Å². The predicted octanol–water partition coefficient (Wildman–Crippen LogP) is 3.99. The Morgan fingerprint density at radius 1 is 1.00 bits per heavy atom. The van der Waals surface area contributed by atoms with Gasteiger partial charge in [0.05, 0.1) is 0 Å². The van der Waals surface area contributed by atoms with E-state index in [0.29, 0.717) is 6.04 Å². The number of para-hydroxylation sites is 1. The van der Waals surface area contributed by atoms with Gasteiger partial charge >= 0.3 is 0 Å². The molecule has 2 nitrogen and oxygen atoms in total. The van der Waals surface area contributed by atoms with Gasteiger partial charge in [-0.15, -0.1) is 0 Å². The van der Waals surface area contributed by atoms with Crippen molar-refractivity contribution in [2.75, 3.05) is 5.73 Å². The Morgan fingerprint density at radius 3 is 2.40 bits per heavy atom. The molecule has 0 amide bonds. The molecule has 2 N–H and O–H groups in total. The van der Waals surface area contributed by atoms with Gasteiger partial charge in [0, 0.05) is 24.8 Å². The average Bonchev–Trinajstić information content (AvgIpc) is 2.40. The first-order valence-electron chi connectivity index (χ1n) is 7.19. The van der Waals surface area contributed by atoms with E-state index in [4.69, 9.17) is 5.73 Å². The fourth-order valence-corrected chi connectivity index (χ4v) is 2.36. The van der Waals surface area contributed by atoms with Crippen LogP contribution in [0.2, 0.25) is 0 Å². The molecule has 2 aromatic rings. The summed E-state index contributed by atoms with van der Waals surface area (Å²) >= 11 is 0. The molecule has 0 atom stereocenters. The second kappa shape index (κ2) is 6.58. The molecule has 0 saturated carbocycles. The third kappa shape index (κ3) is 3.84. The number of rotatable bonds is 5. The Kier molecular flexibility index (Phi) is 4.80. The molecular weight excluding hydrogens is 244 g/mol. The fraction of sp³-hybridized carbons (Fsp3) is 0.333. The Labute approximate surface area is 122 Å². The van der Waals surface area contributed by atoms with E-state index in [0.717, 1.165) is 18.8 Å². The molecule has 0 fully saturated rings. The van der Waals surface area contributed by atoms with Crippen LogP contribution in [0, 0.1) is 6.92 Å². The quantitative estimate of drug-likeness (QED) is 0.831. The molecule has 20 heavy (non-hydrogen) atoms. The molecule has 0 spiro atoms. The van der Waals surface area contributed by atoms with E-state index in [1.807, 2.05) is 12.1 Å². The maximum absolute atomic E-state index is 6.06. The van der Waals surface area contributed by atoms with E-state index in [-0.39, 0.29) is 0 Å². The Morgan fingerprint density at radius 2 is 1.75 bits per heavy atom. The molecule has 0 aliphatic heterocycles. The van der Waals surface area contributed by atoms with Gasteiger partial charge < -0.3 is 5.73 Å². The Hall–Kier alpha value is -1.80. The van der Waals surface area contributed by atoms with Crippen LogP contribution >= 0.6 is 0 Å². The van der Waals surface area contributed by atoms with Crippen LogP contribution in [-0.4, -0.2) is 10.9 Å². The third-order valence-electron chi connectivity index (χ3n) is 3.63. The summed E-state index contributed by atoms with van der Waals surface area (Å²) in [5.74, 6) is 0. The third-order valence-corrected chi connectivity index (χ3v) is 3.63. The van der Waals surface area contributed by atoms with Gasteiger partial charge in [-0.05, 0) is 38.0 Å². The van der Waals surface area contributed by atoms with Crippen molar-refractivity contribution in [2.45, 2.75) is 39.9 Å². The second-order valence-electron chi connectivity index (χ2n) is 5.69. The van der Waals surface area contributed by atoms with Gasteiger partial charge in [0.2, 0.25) is 0 Å². The van der Waals surface area contributed by atoms with Crippen LogP contribution in [0.25, 0.3) is 0 Å². The lowest BCUT2D eigenvalue weighted by molar-refractivity contribution is 0.204. The number of hydrogen-bond acceptors (Lipinski definition) is 2. The van der Waals surface area contributed by atoms with Crippen LogP contribution < -0.4 is 5.73 Å². The van der Waals surface area contributed by atoms with Crippen LogP contribution in [0.4, 0.5) is 5.69 Å². The van der Waals surface area contributed by atoms with Gasteiger partial charge in [-0.2, -0.15) is 0 Å². The van der Waals surface area contributed by atoms with Crippen molar-refractivity contribution in [1.82, 2.24) is 4.90 Å². The monoisotopic (exact) mass is 268 g/mol. The molecule has 0 radical (unpaired) electrons. The lowest BCUT2D eigenvalue weighted by Crippen LogP contribution is -2.30. The van der Waals surface area contributed by atoms with Crippen LogP contribution in [0.5, 0.6) is 0 Å². The summed E-state index contributed by atoms with van der Waals surface area (Å²) in [6.45, 7) is 8.44. The zero-order valence-corrected chi connectivity index (χ0v) is 12.6. The molecule has 0 aliphatic carbocycles. The first kappa shape index (κ1) is 14.6. The lowest BCUT2D eigenvalue weighted by atomic mass is 10.1. The highest BCUT2D eigenvalue weighted by atomic mass is 15.1. The molecule has 0 unspecified atom stereocenters. The summed E-state index contributed by atoms with van der Waals surface area (Å²) in [6.07, 6.45) is 0. The number of nitrogens with zero attached hydrogens (tertiary/aromatic N) is 1. The van der Waals surface area contributed by atoms with E-state index in [1.165, 1.54) is 16.7 Å². The number of nitrogens with two attached hydrogens (primary N) is 1. The van der Waals surface area contributed by atoms with Crippen molar-refractivity contribution < 1.29 is 0 Å². The van der Waals surface area contributed by atoms with E-state index in [2.05, 4.69) is 62.1 Å². The highest BCUT2D eigenvalue weighted by Crippen LogP contribution is 2.18. The largest absolute Gasteiger partial charge is 0.398 e. The molecule has 2 aromatic carbocycles. The number of benzene rings is 2. The fourth-order valence-electron chi connectivity index (χ4n) is 2.36.